The maximum absolute atomic E-state index is 14.5. The number of aliphatic hydroxyl groups excluding tert-OH is 1. The summed E-state index contributed by atoms with van der Waals surface area (Å²) in [5, 5.41) is 16.9. The SMILES string of the molecule is CCCCC(CC)Cn1c2ccc(C(=O)C(CCC(=O)OCC)=NCC(C)=O)cc2c2cc(C(=O)/C(CCC(=O)CCC)=N/OC(C)O)c3ccccc3c21. The average Bonchev–Trinajstić information content (AvgIpc) is 3.47. The van der Waals surface area contributed by atoms with Crippen molar-refractivity contribution in [2.45, 2.75) is 119 Å². The number of rotatable bonds is 23. The van der Waals surface area contributed by atoms with Crippen molar-refractivity contribution in [3.05, 3.63) is 59.7 Å². The second-order valence-corrected chi connectivity index (χ2v) is 14.1. The zero-order chi connectivity index (χ0) is 40.1. The van der Waals surface area contributed by atoms with E-state index >= 15 is 0 Å². The van der Waals surface area contributed by atoms with Gasteiger partial charge in [0.2, 0.25) is 17.9 Å². The molecule has 0 amide bonds. The van der Waals surface area contributed by atoms with Crippen LogP contribution in [0, 0.1) is 5.92 Å². The standard InChI is InChI=1S/C44H55N3O8/c1-7-11-15-30(9-3)27-47-40-22-18-31(43(52)38(45-26-28(5)48)21-23-41(51)54-10-4)24-35(40)36-25-37(33-16-12-13-17-34(33)42(36)47)44(53)39(46-55-29(6)49)20-19-32(50)14-8-2/h12-13,16-18,22,24-25,29-30,49H,7-11,14-15,19-21,23,26-27H2,1-6H3/b45-38?,46-39+. The molecule has 0 spiro atoms. The lowest BCUT2D eigenvalue weighted by atomic mass is 9.93. The Morgan fingerprint density at radius 1 is 0.800 bits per heavy atom. The molecule has 0 saturated heterocycles. The molecular weight excluding hydrogens is 698 g/mol. The molecule has 11 nitrogen and oxygen atoms in total. The smallest absolute Gasteiger partial charge is 0.306 e. The predicted octanol–water partition coefficient (Wildman–Crippen LogP) is 8.76. The van der Waals surface area contributed by atoms with E-state index in [4.69, 9.17) is 9.57 Å². The number of aliphatic imine (C=N–C) groups is 1. The maximum Gasteiger partial charge on any atom is 0.306 e. The van der Waals surface area contributed by atoms with Crippen LogP contribution in [0.1, 0.15) is 126 Å². The molecule has 0 saturated carbocycles. The highest BCUT2D eigenvalue weighted by Gasteiger charge is 2.25. The number of unbranched alkanes of at least 4 members (excludes halogenated alkanes) is 1. The van der Waals surface area contributed by atoms with Crippen LogP contribution in [0.3, 0.4) is 0 Å². The molecule has 294 valence electrons. The molecule has 0 bridgehead atoms. The Morgan fingerprint density at radius 2 is 1.53 bits per heavy atom. The van der Waals surface area contributed by atoms with Crippen LogP contribution in [0.2, 0.25) is 0 Å². The largest absolute Gasteiger partial charge is 0.466 e. The molecule has 0 fully saturated rings. The summed E-state index contributed by atoms with van der Waals surface area (Å²) in [4.78, 5) is 74.7. The Labute approximate surface area is 323 Å². The zero-order valence-corrected chi connectivity index (χ0v) is 33.1. The number of oxime groups is 1. The summed E-state index contributed by atoms with van der Waals surface area (Å²) in [6.07, 6.45) is 4.12. The van der Waals surface area contributed by atoms with E-state index in [0.29, 0.717) is 35.3 Å². The number of aromatic nitrogens is 1. The molecule has 3 aromatic carbocycles. The van der Waals surface area contributed by atoms with Gasteiger partial charge in [-0.2, -0.15) is 0 Å². The second kappa shape index (κ2) is 20.6. The van der Waals surface area contributed by atoms with Crippen molar-refractivity contribution >= 4 is 73.1 Å². The summed E-state index contributed by atoms with van der Waals surface area (Å²) >= 11 is 0. The lowest BCUT2D eigenvalue weighted by molar-refractivity contribution is -0.142. The molecule has 0 aliphatic heterocycles. The van der Waals surface area contributed by atoms with E-state index in [1.807, 2.05) is 43.3 Å². The fourth-order valence-electron chi connectivity index (χ4n) is 6.91. The van der Waals surface area contributed by atoms with Crippen molar-refractivity contribution < 1.29 is 38.7 Å². The molecule has 4 rings (SSSR count). The summed E-state index contributed by atoms with van der Waals surface area (Å²) in [5.74, 6) is -1.12. The van der Waals surface area contributed by atoms with Gasteiger partial charge in [0.15, 0.2) is 5.78 Å². The first-order chi connectivity index (χ1) is 26.4. The van der Waals surface area contributed by atoms with Gasteiger partial charge in [-0.1, -0.05) is 69.5 Å². The van der Waals surface area contributed by atoms with Gasteiger partial charge < -0.3 is 19.2 Å². The summed E-state index contributed by atoms with van der Waals surface area (Å²) in [7, 11) is 0. The van der Waals surface area contributed by atoms with E-state index in [-0.39, 0.29) is 61.8 Å². The number of esters is 1. The second-order valence-electron chi connectivity index (χ2n) is 14.1. The lowest BCUT2D eigenvalue weighted by Gasteiger charge is -2.18. The van der Waals surface area contributed by atoms with E-state index in [9.17, 15) is 29.1 Å². The molecular formula is C44H55N3O8. The highest BCUT2D eigenvalue weighted by molar-refractivity contribution is 6.49. The van der Waals surface area contributed by atoms with Gasteiger partial charge in [-0.05, 0) is 62.3 Å². The molecule has 55 heavy (non-hydrogen) atoms. The Balaban J connectivity index is 1.98. The Bertz CT molecular complexity index is 2090. The van der Waals surface area contributed by atoms with Gasteiger partial charge in [0, 0.05) is 72.0 Å². The third-order valence-electron chi connectivity index (χ3n) is 9.73. The Kier molecular flexibility index (Phi) is 16.0. The molecule has 0 radical (unpaired) electrons. The van der Waals surface area contributed by atoms with Crippen molar-refractivity contribution in [1.82, 2.24) is 4.57 Å². The summed E-state index contributed by atoms with van der Waals surface area (Å²) in [5.41, 5.74) is 2.63. The number of carbonyl (C=O) groups excluding carboxylic acids is 5. The van der Waals surface area contributed by atoms with Crippen molar-refractivity contribution in [2.75, 3.05) is 13.2 Å². The monoisotopic (exact) mass is 753 g/mol. The molecule has 1 aromatic heterocycles. The quantitative estimate of drug-likeness (QED) is 0.0259. The van der Waals surface area contributed by atoms with Gasteiger partial charge in [-0.25, -0.2) is 0 Å². The van der Waals surface area contributed by atoms with Crippen LogP contribution >= 0.6 is 0 Å². The van der Waals surface area contributed by atoms with E-state index in [0.717, 1.165) is 59.4 Å². The fraction of sp³-hybridized carbons (Fsp3) is 0.477. The molecule has 2 unspecified atom stereocenters. The maximum atomic E-state index is 14.5. The van der Waals surface area contributed by atoms with Crippen molar-refractivity contribution in [2.24, 2.45) is 16.1 Å². The first-order valence-corrected chi connectivity index (χ1v) is 19.6. The minimum Gasteiger partial charge on any atom is -0.466 e. The van der Waals surface area contributed by atoms with E-state index in [1.54, 1.807) is 19.1 Å². The number of hydrogen-bond donors (Lipinski definition) is 1. The van der Waals surface area contributed by atoms with Crippen molar-refractivity contribution in [1.29, 1.82) is 0 Å². The molecule has 0 aliphatic rings. The minimum atomic E-state index is -1.26. The fourth-order valence-corrected chi connectivity index (χ4v) is 6.91. The molecule has 11 heteroatoms. The van der Waals surface area contributed by atoms with Crippen LogP contribution in [-0.2, 0) is 30.5 Å². The van der Waals surface area contributed by atoms with Crippen LogP contribution in [0.25, 0.3) is 32.6 Å². The number of nitrogens with zero attached hydrogens (tertiary/aromatic N) is 3. The first-order valence-electron chi connectivity index (χ1n) is 19.6. The molecule has 1 heterocycles. The number of fused-ring (bicyclic) bond motifs is 5. The van der Waals surface area contributed by atoms with Gasteiger partial charge in [0.05, 0.1) is 30.8 Å². The highest BCUT2D eigenvalue weighted by atomic mass is 16.7. The van der Waals surface area contributed by atoms with Gasteiger partial charge in [0.25, 0.3) is 0 Å². The summed E-state index contributed by atoms with van der Waals surface area (Å²) < 4.78 is 7.37. The third kappa shape index (κ3) is 11.0. The summed E-state index contributed by atoms with van der Waals surface area (Å²) in [6, 6.07) is 15.0. The number of aliphatic hydroxyl groups is 1. The predicted molar refractivity (Wildman–Crippen MR) is 217 cm³/mol. The summed E-state index contributed by atoms with van der Waals surface area (Å²) in [6.45, 7) is 11.5. The minimum absolute atomic E-state index is 0.00245. The van der Waals surface area contributed by atoms with Gasteiger partial charge in [0.1, 0.15) is 11.5 Å². The lowest BCUT2D eigenvalue weighted by Crippen LogP contribution is -2.18. The molecule has 2 atom stereocenters. The van der Waals surface area contributed by atoms with E-state index in [1.165, 1.54) is 13.8 Å². The van der Waals surface area contributed by atoms with Crippen LogP contribution in [0.5, 0.6) is 0 Å². The molecule has 1 N–H and O–H groups in total. The number of ether oxygens (including phenoxy) is 1. The van der Waals surface area contributed by atoms with Crippen LogP contribution < -0.4 is 0 Å². The van der Waals surface area contributed by atoms with E-state index < -0.39 is 23.8 Å². The van der Waals surface area contributed by atoms with Gasteiger partial charge in [-0.15, -0.1) is 0 Å². The highest BCUT2D eigenvalue weighted by Crippen LogP contribution is 2.38. The zero-order valence-electron chi connectivity index (χ0n) is 33.1. The van der Waals surface area contributed by atoms with E-state index in [2.05, 4.69) is 28.6 Å². The normalized spacial score (nSPS) is 13.3. The van der Waals surface area contributed by atoms with Gasteiger partial charge in [-0.3, -0.25) is 29.0 Å². The van der Waals surface area contributed by atoms with Crippen molar-refractivity contribution in [3.63, 3.8) is 0 Å². The van der Waals surface area contributed by atoms with Gasteiger partial charge >= 0.3 is 5.97 Å². The number of carbonyl (C=O) groups is 5. The van der Waals surface area contributed by atoms with Crippen LogP contribution in [-0.4, -0.2) is 69.6 Å². The average molecular weight is 754 g/mol. The number of hydrogen-bond acceptors (Lipinski definition) is 10. The topological polar surface area (TPSA) is 154 Å². The third-order valence-corrected chi connectivity index (χ3v) is 9.73. The molecule has 4 aromatic rings. The number of Topliss-reactive ketones (excluding diaryl/α,β-unsaturated/α-hetero) is 4. The number of benzene rings is 3. The Hall–Kier alpha value is -5.03. The first kappa shape index (κ1) is 42.7. The molecule has 0 aliphatic carbocycles. The van der Waals surface area contributed by atoms with Crippen LogP contribution in [0.15, 0.2) is 58.7 Å². The van der Waals surface area contributed by atoms with Crippen molar-refractivity contribution in [3.8, 4) is 0 Å². The van der Waals surface area contributed by atoms with Crippen LogP contribution in [0.4, 0.5) is 0 Å². The number of ketones is 4. The Morgan fingerprint density at radius 3 is 2.18 bits per heavy atom.